The fourth-order valence-corrected chi connectivity index (χ4v) is 2.72. The van der Waals surface area contributed by atoms with E-state index in [-0.39, 0.29) is 21.4 Å². The molecule has 0 aromatic carbocycles. The van der Waals surface area contributed by atoms with Crippen molar-refractivity contribution in [1.82, 2.24) is 9.97 Å². The molecule has 1 aliphatic heterocycles. The molecule has 0 unspecified atom stereocenters. The second-order valence-electron chi connectivity index (χ2n) is 6.29. The summed E-state index contributed by atoms with van der Waals surface area (Å²) in [5.74, 6) is 0.813. The van der Waals surface area contributed by atoms with Crippen LogP contribution in [0.2, 0.25) is 0 Å². The van der Waals surface area contributed by atoms with Gasteiger partial charge < -0.3 is 16.4 Å². The lowest BCUT2D eigenvalue weighted by atomic mass is 9.91. The highest BCUT2D eigenvalue weighted by Crippen LogP contribution is 2.23. The Bertz CT molecular complexity index is 732. The van der Waals surface area contributed by atoms with Gasteiger partial charge in [-0.05, 0) is 44.0 Å². The van der Waals surface area contributed by atoms with E-state index in [0.717, 1.165) is 31.7 Å². The topological polar surface area (TPSA) is 98.1 Å². The van der Waals surface area contributed by atoms with E-state index in [9.17, 15) is 4.79 Å². The molecule has 0 radical (unpaired) electrons. The molecule has 6 heteroatoms. The highest BCUT2D eigenvalue weighted by molar-refractivity contribution is 6.10. The van der Waals surface area contributed by atoms with Crippen LogP contribution >= 0.6 is 0 Å². The van der Waals surface area contributed by atoms with Crippen LogP contribution in [0.5, 0.6) is 0 Å². The van der Waals surface area contributed by atoms with Crippen molar-refractivity contribution in [3.05, 3.63) is 47.8 Å². The lowest BCUT2D eigenvalue weighted by Gasteiger charge is -2.37. The number of hydrogen-bond donors (Lipinski definition) is 2. The number of anilines is 2. The van der Waals surface area contributed by atoms with Crippen LogP contribution in [0.1, 0.15) is 40.1 Å². The number of nitrogen functional groups attached to an aromatic ring is 1. The molecule has 0 aliphatic carbocycles. The van der Waals surface area contributed by atoms with Crippen molar-refractivity contribution in [3.8, 4) is 0 Å². The molecule has 2 aromatic heterocycles. The second kappa shape index (κ2) is 5.96. The number of pyridine rings is 2. The van der Waals surface area contributed by atoms with Crippen molar-refractivity contribution in [2.24, 2.45) is 5.73 Å². The Kier molecular flexibility index (Phi) is 4.00. The fraction of sp³-hybridized carbons (Fsp3) is 0.353. The molecule has 1 saturated heterocycles. The lowest BCUT2D eigenvalue weighted by molar-refractivity contribution is 0.103. The standard InChI is InChI=1S/C17H21N5O.3H2/c1-17(19)7-10-22(11-8-17)14-6-2-5-13(21-14)15(23)12-4-3-9-20-16(12)18;;;/h2-6,9H,7-8,10-11,19H2,1H3,(H2,18,20);3*1H. The summed E-state index contributed by atoms with van der Waals surface area (Å²) in [6.07, 6.45) is 3.37. The first-order chi connectivity index (χ1) is 11.0. The molecule has 6 nitrogen and oxygen atoms in total. The van der Waals surface area contributed by atoms with Crippen LogP contribution in [0.3, 0.4) is 0 Å². The zero-order valence-corrected chi connectivity index (χ0v) is 13.2. The molecule has 0 amide bonds. The quantitative estimate of drug-likeness (QED) is 0.843. The van der Waals surface area contributed by atoms with Crippen molar-refractivity contribution in [3.63, 3.8) is 0 Å². The Balaban J connectivity index is 0.00000208. The third kappa shape index (κ3) is 3.32. The molecule has 0 saturated carbocycles. The van der Waals surface area contributed by atoms with E-state index < -0.39 is 0 Å². The summed E-state index contributed by atoms with van der Waals surface area (Å²) in [5, 5.41) is 0. The molecule has 23 heavy (non-hydrogen) atoms. The first kappa shape index (κ1) is 15.4. The van der Waals surface area contributed by atoms with Crippen LogP contribution in [0.15, 0.2) is 36.5 Å². The van der Waals surface area contributed by atoms with Crippen molar-refractivity contribution in [2.45, 2.75) is 25.3 Å². The molecule has 0 spiro atoms. The summed E-state index contributed by atoms with van der Waals surface area (Å²) in [4.78, 5) is 23.2. The molecule has 3 rings (SSSR count). The van der Waals surface area contributed by atoms with Gasteiger partial charge >= 0.3 is 0 Å². The molecule has 2 aromatic rings. The minimum absolute atomic E-state index is 0. The van der Waals surface area contributed by atoms with Crippen molar-refractivity contribution < 1.29 is 9.07 Å². The predicted octanol–water partition coefficient (Wildman–Crippen LogP) is 2.35. The summed E-state index contributed by atoms with van der Waals surface area (Å²) in [5.41, 5.74) is 12.6. The van der Waals surface area contributed by atoms with E-state index in [1.165, 1.54) is 0 Å². The van der Waals surface area contributed by atoms with Crippen LogP contribution in [0, 0.1) is 0 Å². The molecule has 0 atom stereocenters. The van der Waals surface area contributed by atoms with Crippen molar-refractivity contribution in [1.29, 1.82) is 0 Å². The maximum absolute atomic E-state index is 12.6. The number of nitrogens with two attached hydrogens (primary N) is 2. The first-order valence-corrected chi connectivity index (χ1v) is 7.72. The number of rotatable bonds is 3. The van der Waals surface area contributed by atoms with Crippen molar-refractivity contribution in [2.75, 3.05) is 23.7 Å². The maximum Gasteiger partial charge on any atom is 0.215 e. The largest absolute Gasteiger partial charge is 0.383 e. The summed E-state index contributed by atoms with van der Waals surface area (Å²) < 4.78 is 0. The Labute approximate surface area is 140 Å². The first-order valence-electron chi connectivity index (χ1n) is 7.72. The van der Waals surface area contributed by atoms with Gasteiger partial charge in [0.1, 0.15) is 17.3 Å². The van der Waals surface area contributed by atoms with E-state index in [2.05, 4.69) is 21.8 Å². The van der Waals surface area contributed by atoms with E-state index in [4.69, 9.17) is 11.5 Å². The van der Waals surface area contributed by atoms with E-state index in [0.29, 0.717) is 11.3 Å². The molecule has 1 fully saturated rings. The highest BCUT2D eigenvalue weighted by atomic mass is 16.1. The number of nitrogens with zero attached hydrogens (tertiary/aromatic N) is 3. The van der Waals surface area contributed by atoms with Gasteiger partial charge in [-0.2, -0.15) is 0 Å². The average molecular weight is 317 g/mol. The summed E-state index contributed by atoms with van der Waals surface area (Å²) in [7, 11) is 0. The third-order valence-electron chi connectivity index (χ3n) is 4.28. The zero-order chi connectivity index (χ0) is 16.4. The third-order valence-corrected chi connectivity index (χ3v) is 4.28. The summed E-state index contributed by atoms with van der Waals surface area (Å²) in [6.45, 7) is 3.75. The number of ketones is 1. The van der Waals surface area contributed by atoms with Crippen LogP contribution in [0.25, 0.3) is 0 Å². The van der Waals surface area contributed by atoms with Crippen molar-refractivity contribution >= 4 is 17.4 Å². The van der Waals surface area contributed by atoms with Gasteiger partial charge in [-0.1, -0.05) is 6.07 Å². The van der Waals surface area contributed by atoms with Gasteiger partial charge in [-0.25, -0.2) is 9.97 Å². The minimum atomic E-state index is -0.210. The Morgan fingerprint density at radius 2 is 2.00 bits per heavy atom. The Hall–Kier alpha value is -2.47. The van der Waals surface area contributed by atoms with E-state index >= 15 is 0 Å². The monoisotopic (exact) mass is 317 g/mol. The summed E-state index contributed by atoms with van der Waals surface area (Å²) in [6, 6.07) is 8.83. The van der Waals surface area contributed by atoms with Gasteiger partial charge in [-0.3, -0.25) is 4.79 Å². The van der Waals surface area contributed by atoms with Crippen LogP contribution in [-0.4, -0.2) is 34.4 Å². The lowest BCUT2D eigenvalue weighted by Crippen LogP contribution is -2.48. The molecule has 3 heterocycles. The van der Waals surface area contributed by atoms with Gasteiger partial charge in [0.2, 0.25) is 5.78 Å². The normalized spacial score (nSPS) is 17.0. The summed E-state index contributed by atoms with van der Waals surface area (Å²) >= 11 is 0. The van der Waals surface area contributed by atoms with Crippen LogP contribution in [-0.2, 0) is 0 Å². The number of carbonyl (C=O) groups excluding carboxylic acids is 1. The highest BCUT2D eigenvalue weighted by Gasteiger charge is 2.26. The number of hydrogen-bond acceptors (Lipinski definition) is 6. The SMILES string of the molecule is CC1(N)CCN(c2cccc(C(=O)c3cccnc3N)n2)CC1.[HH].[HH].[HH]. The van der Waals surface area contributed by atoms with Crippen LogP contribution in [0.4, 0.5) is 11.6 Å². The number of piperidine rings is 1. The van der Waals surface area contributed by atoms with Crippen LogP contribution < -0.4 is 16.4 Å². The molecule has 1 aliphatic rings. The van der Waals surface area contributed by atoms with Gasteiger partial charge in [0, 0.05) is 29.1 Å². The van der Waals surface area contributed by atoms with Gasteiger partial charge in [0.15, 0.2) is 0 Å². The molecule has 4 N–H and O–H groups in total. The van der Waals surface area contributed by atoms with E-state index in [1.54, 1.807) is 24.4 Å². The Morgan fingerprint density at radius 1 is 1.26 bits per heavy atom. The molecular weight excluding hydrogens is 290 g/mol. The molecule has 0 bridgehead atoms. The molecule has 126 valence electrons. The fourth-order valence-electron chi connectivity index (χ4n) is 2.72. The minimum Gasteiger partial charge on any atom is -0.383 e. The zero-order valence-electron chi connectivity index (χ0n) is 13.2. The number of carbonyl (C=O) groups is 1. The van der Waals surface area contributed by atoms with Gasteiger partial charge in [-0.15, -0.1) is 0 Å². The second-order valence-corrected chi connectivity index (χ2v) is 6.29. The van der Waals surface area contributed by atoms with Gasteiger partial charge in [0.05, 0.1) is 5.56 Å². The average Bonchev–Trinajstić information content (AvgIpc) is 2.55. The predicted molar refractivity (Wildman–Crippen MR) is 96.7 cm³/mol. The van der Waals surface area contributed by atoms with Gasteiger partial charge in [0.25, 0.3) is 0 Å². The van der Waals surface area contributed by atoms with E-state index in [1.807, 2.05) is 12.1 Å². The smallest absolute Gasteiger partial charge is 0.215 e. The Morgan fingerprint density at radius 3 is 2.70 bits per heavy atom. The molecular formula is C17H27N5O. The number of aromatic nitrogens is 2. The maximum atomic E-state index is 12.6.